The fourth-order valence-electron chi connectivity index (χ4n) is 2.27. The standard InChI is InChI=1S/C13H17BrN2O3S2/c1-15(6-9-4-11(14)21-7-9)13(19)16-2-3-20-8-10(16)5-12(17)18/h4,7,10H,2-3,5-6,8H2,1H3,(H,17,18). The van der Waals surface area contributed by atoms with Crippen LogP contribution in [-0.2, 0) is 11.3 Å². The van der Waals surface area contributed by atoms with E-state index in [0.717, 1.165) is 15.1 Å². The summed E-state index contributed by atoms with van der Waals surface area (Å²) in [4.78, 5) is 26.8. The summed E-state index contributed by atoms with van der Waals surface area (Å²) in [6.07, 6.45) is 0.0105. The molecule has 2 amide bonds. The van der Waals surface area contributed by atoms with Gasteiger partial charge >= 0.3 is 12.0 Å². The van der Waals surface area contributed by atoms with Gasteiger partial charge in [-0.25, -0.2) is 4.79 Å². The number of halogens is 1. The molecule has 0 bridgehead atoms. The van der Waals surface area contributed by atoms with Crippen molar-refractivity contribution in [3.63, 3.8) is 0 Å². The van der Waals surface area contributed by atoms with E-state index in [1.165, 1.54) is 0 Å². The maximum atomic E-state index is 12.5. The number of thioether (sulfide) groups is 1. The van der Waals surface area contributed by atoms with E-state index in [1.54, 1.807) is 39.9 Å². The highest BCUT2D eigenvalue weighted by Crippen LogP contribution is 2.23. The largest absolute Gasteiger partial charge is 0.481 e. The predicted octanol–water partition coefficient (Wildman–Crippen LogP) is 2.95. The Bertz CT molecular complexity index is 523. The third-order valence-corrected chi connectivity index (χ3v) is 5.90. The highest BCUT2D eigenvalue weighted by atomic mass is 79.9. The van der Waals surface area contributed by atoms with E-state index in [-0.39, 0.29) is 18.5 Å². The molecule has 2 rings (SSSR count). The van der Waals surface area contributed by atoms with Crippen LogP contribution in [0.3, 0.4) is 0 Å². The molecule has 1 atom stereocenters. The number of carbonyl (C=O) groups excluding carboxylic acids is 1. The van der Waals surface area contributed by atoms with E-state index >= 15 is 0 Å². The predicted molar refractivity (Wildman–Crippen MR) is 89.0 cm³/mol. The van der Waals surface area contributed by atoms with Gasteiger partial charge in [0.25, 0.3) is 0 Å². The van der Waals surface area contributed by atoms with Gasteiger partial charge in [0.2, 0.25) is 0 Å². The van der Waals surface area contributed by atoms with Crippen molar-refractivity contribution >= 4 is 51.0 Å². The van der Waals surface area contributed by atoms with Gasteiger partial charge in [-0.1, -0.05) is 0 Å². The quantitative estimate of drug-likeness (QED) is 0.855. The Morgan fingerprint density at radius 2 is 2.33 bits per heavy atom. The van der Waals surface area contributed by atoms with Gasteiger partial charge in [0.05, 0.1) is 16.2 Å². The number of carboxylic acid groups (broad SMARTS) is 1. The molecule has 1 N–H and O–H groups in total. The number of hydrogen-bond donors (Lipinski definition) is 1. The van der Waals surface area contributed by atoms with E-state index in [2.05, 4.69) is 15.9 Å². The van der Waals surface area contributed by atoms with Crippen molar-refractivity contribution in [2.75, 3.05) is 25.1 Å². The lowest BCUT2D eigenvalue weighted by Gasteiger charge is -2.37. The van der Waals surface area contributed by atoms with Gasteiger partial charge in [-0.15, -0.1) is 11.3 Å². The van der Waals surface area contributed by atoms with Gasteiger partial charge in [-0.2, -0.15) is 11.8 Å². The van der Waals surface area contributed by atoms with Crippen LogP contribution in [0.25, 0.3) is 0 Å². The second-order valence-electron chi connectivity index (χ2n) is 4.92. The first-order chi connectivity index (χ1) is 9.97. The SMILES string of the molecule is CN(Cc1csc(Br)c1)C(=O)N1CCSCC1CC(=O)O. The number of carbonyl (C=O) groups is 2. The molecule has 1 aliphatic rings. The summed E-state index contributed by atoms with van der Waals surface area (Å²) in [6.45, 7) is 1.14. The first-order valence-electron chi connectivity index (χ1n) is 6.51. The average molecular weight is 393 g/mol. The normalized spacial score (nSPS) is 18.6. The minimum Gasteiger partial charge on any atom is -0.481 e. The highest BCUT2D eigenvalue weighted by molar-refractivity contribution is 9.11. The Kier molecular flexibility index (Phi) is 5.95. The highest BCUT2D eigenvalue weighted by Gasteiger charge is 2.30. The van der Waals surface area contributed by atoms with Crippen LogP contribution in [-0.4, -0.2) is 58.0 Å². The van der Waals surface area contributed by atoms with Crippen LogP contribution >= 0.6 is 39.0 Å². The molecule has 0 spiro atoms. The summed E-state index contributed by atoms with van der Waals surface area (Å²) >= 11 is 6.70. The molecule has 0 aliphatic carbocycles. The zero-order valence-electron chi connectivity index (χ0n) is 11.6. The number of nitrogens with zero attached hydrogens (tertiary/aromatic N) is 2. The second kappa shape index (κ2) is 7.51. The van der Waals surface area contributed by atoms with E-state index in [4.69, 9.17) is 5.11 Å². The molecule has 116 valence electrons. The Morgan fingerprint density at radius 1 is 1.57 bits per heavy atom. The van der Waals surface area contributed by atoms with Gasteiger partial charge in [-0.05, 0) is 32.9 Å². The van der Waals surface area contributed by atoms with Crippen LogP contribution in [0.1, 0.15) is 12.0 Å². The van der Waals surface area contributed by atoms with Gasteiger partial charge < -0.3 is 14.9 Å². The smallest absolute Gasteiger partial charge is 0.320 e. The van der Waals surface area contributed by atoms with Crippen molar-refractivity contribution in [2.45, 2.75) is 19.0 Å². The summed E-state index contributed by atoms with van der Waals surface area (Å²) in [5.41, 5.74) is 1.07. The van der Waals surface area contributed by atoms with Crippen LogP contribution < -0.4 is 0 Å². The molecule has 0 aromatic carbocycles. The molecular formula is C13H17BrN2O3S2. The van der Waals surface area contributed by atoms with Gasteiger partial charge in [0.15, 0.2) is 0 Å². The number of urea groups is 1. The zero-order chi connectivity index (χ0) is 15.4. The van der Waals surface area contributed by atoms with Crippen molar-refractivity contribution in [3.8, 4) is 0 Å². The molecule has 1 aromatic rings. The first kappa shape index (κ1) is 16.6. The lowest BCUT2D eigenvalue weighted by atomic mass is 10.2. The van der Waals surface area contributed by atoms with Gasteiger partial charge in [0.1, 0.15) is 0 Å². The average Bonchev–Trinajstić information content (AvgIpc) is 2.83. The van der Waals surface area contributed by atoms with E-state index in [9.17, 15) is 9.59 Å². The maximum absolute atomic E-state index is 12.5. The second-order valence-corrected chi connectivity index (χ2v) is 8.36. The number of aliphatic carboxylic acids is 1. The molecule has 0 saturated carbocycles. The summed E-state index contributed by atoms with van der Waals surface area (Å²) in [5.74, 6) is 0.694. The first-order valence-corrected chi connectivity index (χ1v) is 9.34. The molecule has 1 unspecified atom stereocenters. The third-order valence-electron chi connectivity index (χ3n) is 3.25. The van der Waals surface area contributed by atoms with E-state index in [0.29, 0.717) is 18.8 Å². The number of hydrogen-bond acceptors (Lipinski definition) is 4. The van der Waals surface area contributed by atoms with E-state index < -0.39 is 5.97 Å². The summed E-state index contributed by atoms with van der Waals surface area (Å²) in [7, 11) is 1.76. The van der Waals surface area contributed by atoms with Crippen LogP contribution in [0.5, 0.6) is 0 Å². The lowest BCUT2D eigenvalue weighted by molar-refractivity contribution is -0.138. The number of carboxylic acids is 1. The van der Waals surface area contributed by atoms with Crippen LogP contribution in [0.15, 0.2) is 15.2 Å². The molecular weight excluding hydrogens is 376 g/mol. The molecule has 21 heavy (non-hydrogen) atoms. The van der Waals surface area contributed by atoms with E-state index in [1.807, 2.05) is 11.4 Å². The summed E-state index contributed by atoms with van der Waals surface area (Å²) < 4.78 is 1.04. The van der Waals surface area contributed by atoms with Crippen LogP contribution in [0, 0.1) is 0 Å². The van der Waals surface area contributed by atoms with Crippen molar-refractivity contribution in [3.05, 3.63) is 20.8 Å². The Hall–Kier alpha value is -0.730. The van der Waals surface area contributed by atoms with Crippen molar-refractivity contribution in [1.82, 2.24) is 9.80 Å². The zero-order valence-corrected chi connectivity index (χ0v) is 14.8. The molecule has 1 aromatic heterocycles. The summed E-state index contributed by atoms with van der Waals surface area (Å²) in [6, 6.07) is 1.68. The van der Waals surface area contributed by atoms with Crippen molar-refractivity contribution < 1.29 is 14.7 Å². The minimum atomic E-state index is -0.857. The monoisotopic (exact) mass is 392 g/mol. The van der Waals surface area contributed by atoms with Gasteiger partial charge in [0, 0.05) is 31.6 Å². The Morgan fingerprint density at radius 3 is 2.95 bits per heavy atom. The summed E-state index contributed by atoms with van der Waals surface area (Å²) in [5, 5.41) is 11.0. The molecule has 5 nitrogen and oxygen atoms in total. The third kappa shape index (κ3) is 4.62. The van der Waals surface area contributed by atoms with Crippen molar-refractivity contribution in [1.29, 1.82) is 0 Å². The lowest BCUT2D eigenvalue weighted by Crippen LogP contribution is -2.51. The topological polar surface area (TPSA) is 60.9 Å². The molecule has 1 saturated heterocycles. The van der Waals surface area contributed by atoms with Crippen LogP contribution in [0.2, 0.25) is 0 Å². The molecule has 8 heteroatoms. The molecule has 2 heterocycles. The molecule has 1 fully saturated rings. The van der Waals surface area contributed by atoms with Gasteiger partial charge in [-0.3, -0.25) is 4.79 Å². The fourth-order valence-corrected chi connectivity index (χ4v) is 4.53. The minimum absolute atomic E-state index is 0.0105. The van der Waals surface area contributed by atoms with Crippen LogP contribution in [0.4, 0.5) is 4.79 Å². The fraction of sp³-hybridized carbons (Fsp3) is 0.538. The Balaban J connectivity index is 2.00. The van der Waals surface area contributed by atoms with Crippen molar-refractivity contribution in [2.24, 2.45) is 0 Å². The molecule has 0 radical (unpaired) electrons. The number of rotatable bonds is 4. The Labute approximate surface area is 140 Å². The maximum Gasteiger partial charge on any atom is 0.320 e. The number of thiophene rings is 1. The number of amides is 2. The molecule has 1 aliphatic heterocycles.